The van der Waals surface area contributed by atoms with Gasteiger partial charge in [0.05, 0.1) is 12.3 Å². The van der Waals surface area contributed by atoms with Crippen molar-refractivity contribution in [3.63, 3.8) is 0 Å². The first kappa shape index (κ1) is 19.1. The molecule has 0 aliphatic carbocycles. The van der Waals surface area contributed by atoms with Crippen molar-refractivity contribution in [1.82, 2.24) is 9.55 Å². The number of aromatic nitrogens is 2. The molecule has 29 heavy (non-hydrogen) atoms. The zero-order chi connectivity index (χ0) is 20.2. The summed E-state index contributed by atoms with van der Waals surface area (Å²) in [4.78, 5) is 4.41. The summed E-state index contributed by atoms with van der Waals surface area (Å²) in [6, 6.07) is 18.7. The van der Waals surface area contributed by atoms with Crippen molar-refractivity contribution in [2.24, 2.45) is 0 Å². The van der Waals surface area contributed by atoms with Crippen LogP contribution in [0.2, 0.25) is 0 Å². The van der Waals surface area contributed by atoms with Crippen molar-refractivity contribution in [3.8, 4) is 22.6 Å². The lowest BCUT2D eigenvalue weighted by Gasteiger charge is -2.08. The van der Waals surface area contributed by atoms with Crippen molar-refractivity contribution < 1.29 is 9.15 Å². The third-order valence-electron chi connectivity index (χ3n) is 5.10. The Bertz CT molecular complexity index is 1090. The fraction of sp³-hybridized carbons (Fsp3) is 0.240. The smallest absolute Gasteiger partial charge is 0.191 e. The molecule has 2 aromatic heterocycles. The molecule has 0 aliphatic rings. The average molecular weight is 386 g/mol. The number of ether oxygens (including phenoxy) is 1. The molecule has 0 unspecified atom stereocenters. The van der Waals surface area contributed by atoms with E-state index in [0.717, 1.165) is 30.0 Å². The topological polar surface area (TPSA) is 40.2 Å². The van der Waals surface area contributed by atoms with Gasteiger partial charge < -0.3 is 13.7 Å². The molecule has 0 bridgehead atoms. The van der Waals surface area contributed by atoms with Crippen molar-refractivity contribution >= 4 is 0 Å². The minimum Gasteiger partial charge on any atom is -0.493 e. The Kier molecular flexibility index (Phi) is 5.52. The van der Waals surface area contributed by atoms with Gasteiger partial charge in [0.15, 0.2) is 5.89 Å². The Balaban J connectivity index is 1.52. The van der Waals surface area contributed by atoms with Crippen molar-refractivity contribution in [2.75, 3.05) is 6.61 Å². The van der Waals surface area contributed by atoms with E-state index in [1.807, 2.05) is 26.0 Å². The monoisotopic (exact) mass is 386 g/mol. The second-order valence-electron chi connectivity index (χ2n) is 7.16. The van der Waals surface area contributed by atoms with Crippen LogP contribution >= 0.6 is 0 Å². The molecule has 0 amide bonds. The Hall–Kier alpha value is -3.27. The molecule has 2 aromatic carbocycles. The molecule has 0 spiro atoms. The number of aryl methyl sites for hydroxylation is 3. The summed E-state index contributed by atoms with van der Waals surface area (Å²) in [5.41, 5.74) is 5.86. The van der Waals surface area contributed by atoms with Crippen molar-refractivity contribution in [2.45, 2.75) is 33.6 Å². The number of oxazole rings is 1. The van der Waals surface area contributed by atoms with Crippen LogP contribution in [-0.4, -0.2) is 16.2 Å². The standard InChI is InChI=1S/C25H26N2O2/c1-4-20-16-27(22-10-6-5-7-11-22)17-24(20)21-9-8-12-23(15-21)28-14-13-25-18(2)29-19(3)26-25/h5-12,15-17H,4,13-14H2,1-3H3. The third kappa shape index (κ3) is 4.27. The zero-order valence-electron chi connectivity index (χ0n) is 17.2. The molecule has 148 valence electrons. The second kappa shape index (κ2) is 8.39. The molecule has 0 aliphatic heterocycles. The van der Waals surface area contributed by atoms with Crippen LogP contribution in [0.3, 0.4) is 0 Å². The van der Waals surface area contributed by atoms with E-state index in [1.165, 1.54) is 22.4 Å². The van der Waals surface area contributed by atoms with E-state index < -0.39 is 0 Å². The van der Waals surface area contributed by atoms with E-state index in [0.29, 0.717) is 12.5 Å². The largest absolute Gasteiger partial charge is 0.493 e. The van der Waals surface area contributed by atoms with Gasteiger partial charge in [-0.1, -0.05) is 37.3 Å². The van der Waals surface area contributed by atoms with Gasteiger partial charge in [0.2, 0.25) is 0 Å². The first-order valence-electron chi connectivity index (χ1n) is 10.1. The van der Waals surface area contributed by atoms with Gasteiger partial charge in [0.1, 0.15) is 11.5 Å². The van der Waals surface area contributed by atoms with Crippen LogP contribution in [0.5, 0.6) is 5.75 Å². The number of rotatable bonds is 7. The highest BCUT2D eigenvalue weighted by molar-refractivity contribution is 5.69. The first-order valence-corrected chi connectivity index (χ1v) is 10.1. The van der Waals surface area contributed by atoms with Crippen molar-refractivity contribution in [3.05, 3.63) is 89.9 Å². The predicted molar refractivity (Wildman–Crippen MR) is 116 cm³/mol. The molecule has 4 heteroatoms. The van der Waals surface area contributed by atoms with Crippen LogP contribution in [0.4, 0.5) is 0 Å². The van der Waals surface area contributed by atoms with E-state index in [1.54, 1.807) is 0 Å². The van der Waals surface area contributed by atoms with E-state index in [4.69, 9.17) is 9.15 Å². The highest BCUT2D eigenvalue weighted by atomic mass is 16.5. The lowest BCUT2D eigenvalue weighted by molar-refractivity contribution is 0.320. The highest BCUT2D eigenvalue weighted by Gasteiger charge is 2.11. The number of para-hydroxylation sites is 1. The van der Waals surface area contributed by atoms with Crippen LogP contribution in [0, 0.1) is 13.8 Å². The number of hydrogen-bond acceptors (Lipinski definition) is 3. The Morgan fingerprint density at radius 3 is 2.55 bits per heavy atom. The number of hydrogen-bond donors (Lipinski definition) is 0. The van der Waals surface area contributed by atoms with E-state index in [9.17, 15) is 0 Å². The predicted octanol–water partition coefficient (Wildman–Crippen LogP) is 5.93. The van der Waals surface area contributed by atoms with Gasteiger partial charge in [-0.25, -0.2) is 4.98 Å². The maximum atomic E-state index is 6.01. The molecule has 0 saturated carbocycles. The van der Waals surface area contributed by atoms with Crippen molar-refractivity contribution in [1.29, 1.82) is 0 Å². The molecule has 0 fully saturated rings. The van der Waals surface area contributed by atoms with Gasteiger partial charge in [0, 0.05) is 37.0 Å². The SMILES string of the molecule is CCc1cn(-c2ccccc2)cc1-c1cccc(OCCc2nc(C)oc2C)c1. The van der Waals surface area contributed by atoms with Gasteiger partial charge in [-0.05, 0) is 48.7 Å². The molecule has 0 radical (unpaired) electrons. The number of nitrogens with zero attached hydrogens (tertiary/aromatic N) is 2. The maximum Gasteiger partial charge on any atom is 0.191 e. The van der Waals surface area contributed by atoms with Gasteiger partial charge >= 0.3 is 0 Å². The first-order chi connectivity index (χ1) is 14.1. The summed E-state index contributed by atoms with van der Waals surface area (Å²) in [6.07, 6.45) is 6.13. The summed E-state index contributed by atoms with van der Waals surface area (Å²) in [7, 11) is 0. The van der Waals surface area contributed by atoms with Crippen LogP contribution in [0.25, 0.3) is 16.8 Å². The minimum absolute atomic E-state index is 0.571. The summed E-state index contributed by atoms with van der Waals surface area (Å²) < 4.78 is 13.7. The molecule has 0 N–H and O–H groups in total. The molecule has 0 saturated heterocycles. The van der Waals surface area contributed by atoms with Crippen LogP contribution in [0.1, 0.15) is 29.8 Å². The highest BCUT2D eigenvalue weighted by Crippen LogP contribution is 2.29. The fourth-order valence-electron chi connectivity index (χ4n) is 3.61. The summed E-state index contributed by atoms with van der Waals surface area (Å²) in [5.74, 6) is 2.44. The normalized spacial score (nSPS) is 11.0. The lowest BCUT2D eigenvalue weighted by Crippen LogP contribution is -2.02. The molecular formula is C25H26N2O2. The molecule has 0 atom stereocenters. The minimum atomic E-state index is 0.571. The van der Waals surface area contributed by atoms with Gasteiger partial charge in [0.25, 0.3) is 0 Å². The van der Waals surface area contributed by atoms with Crippen LogP contribution in [0.15, 0.2) is 71.4 Å². The third-order valence-corrected chi connectivity index (χ3v) is 5.10. The summed E-state index contributed by atoms with van der Waals surface area (Å²) in [5, 5.41) is 0. The maximum absolute atomic E-state index is 6.01. The molecule has 4 nitrogen and oxygen atoms in total. The Morgan fingerprint density at radius 2 is 1.83 bits per heavy atom. The summed E-state index contributed by atoms with van der Waals surface area (Å²) >= 11 is 0. The summed E-state index contributed by atoms with van der Waals surface area (Å²) in [6.45, 7) is 6.58. The van der Waals surface area contributed by atoms with E-state index in [2.05, 4.69) is 71.3 Å². The molecular weight excluding hydrogens is 360 g/mol. The quantitative estimate of drug-likeness (QED) is 0.395. The van der Waals surface area contributed by atoms with Gasteiger partial charge in [-0.3, -0.25) is 0 Å². The van der Waals surface area contributed by atoms with E-state index >= 15 is 0 Å². The average Bonchev–Trinajstić information content (AvgIpc) is 3.32. The Labute approximate surface area is 171 Å². The second-order valence-corrected chi connectivity index (χ2v) is 7.16. The fourth-order valence-corrected chi connectivity index (χ4v) is 3.61. The molecule has 4 aromatic rings. The number of benzene rings is 2. The van der Waals surface area contributed by atoms with Crippen LogP contribution in [-0.2, 0) is 12.8 Å². The zero-order valence-corrected chi connectivity index (χ0v) is 17.2. The Morgan fingerprint density at radius 1 is 1.00 bits per heavy atom. The molecule has 4 rings (SSSR count). The van der Waals surface area contributed by atoms with Gasteiger partial charge in [-0.2, -0.15) is 0 Å². The molecule has 2 heterocycles. The van der Waals surface area contributed by atoms with E-state index in [-0.39, 0.29) is 0 Å². The van der Waals surface area contributed by atoms with Crippen LogP contribution < -0.4 is 4.74 Å². The lowest BCUT2D eigenvalue weighted by atomic mass is 10.0. The van der Waals surface area contributed by atoms with Gasteiger partial charge in [-0.15, -0.1) is 0 Å².